The summed E-state index contributed by atoms with van der Waals surface area (Å²) in [5.74, 6) is -0.420. The molecule has 1 heterocycles. The smallest absolute Gasteiger partial charge is 0.355 e. The van der Waals surface area contributed by atoms with Crippen LogP contribution in [0.25, 0.3) is 0 Å². The van der Waals surface area contributed by atoms with E-state index in [1.807, 2.05) is 13.8 Å². The molecule has 8 heteroatoms. The van der Waals surface area contributed by atoms with Gasteiger partial charge < -0.3 is 14.0 Å². The van der Waals surface area contributed by atoms with Gasteiger partial charge in [-0.25, -0.2) is 18.4 Å². The molecule has 1 aromatic heterocycles. The van der Waals surface area contributed by atoms with Crippen molar-refractivity contribution >= 4 is 16.0 Å². The highest BCUT2D eigenvalue weighted by molar-refractivity contribution is 7.89. The van der Waals surface area contributed by atoms with Gasteiger partial charge >= 0.3 is 5.97 Å². The van der Waals surface area contributed by atoms with Gasteiger partial charge in [0.2, 0.25) is 10.0 Å². The second kappa shape index (κ2) is 7.06. The van der Waals surface area contributed by atoms with Crippen LogP contribution in [0.15, 0.2) is 17.2 Å². The van der Waals surface area contributed by atoms with Crippen molar-refractivity contribution in [3.63, 3.8) is 0 Å². The molecule has 1 rings (SSSR count). The number of hydrogen-bond donors (Lipinski definition) is 1. The lowest BCUT2D eigenvalue weighted by molar-refractivity contribution is 0.0224. The molecule has 0 aromatic carbocycles. The Hall–Kier alpha value is -1.38. The van der Waals surface area contributed by atoms with Gasteiger partial charge in [0.1, 0.15) is 16.7 Å². The van der Waals surface area contributed by atoms with Crippen LogP contribution >= 0.6 is 0 Å². The van der Waals surface area contributed by atoms with Gasteiger partial charge in [-0.15, -0.1) is 0 Å². The third kappa shape index (κ3) is 4.83. The van der Waals surface area contributed by atoms with Crippen LogP contribution in [-0.4, -0.2) is 38.8 Å². The van der Waals surface area contributed by atoms with Gasteiger partial charge in [-0.1, -0.05) is 13.8 Å². The lowest BCUT2D eigenvalue weighted by atomic mass is 10.1. The first-order chi connectivity index (χ1) is 9.66. The second-order valence-corrected chi connectivity index (χ2v) is 6.71. The van der Waals surface area contributed by atoms with Crippen molar-refractivity contribution in [2.24, 2.45) is 11.1 Å². The lowest BCUT2D eigenvalue weighted by Crippen LogP contribution is -2.22. The van der Waals surface area contributed by atoms with Crippen LogP contribution in [-0.2, 0) is 26.0 Å². The first-order valence-electron chi connectivity index (χ1n) is 6.59. The summed E-state index contributed by atoms with van der Waals surface area (Å²) < 4.78 is 34.5. The average Bonchev–Trinajstić information content (AvgIpc) is 2.80. The molecule has 0 spiro atoms. The predicted octanol–water partition coefficient (Wildman–Crippen LogP) is 0.983. The Morgan fingerprint density at radius 3 is 2.48 bits per heavy atom. The molecule has 0 bridgehead atoms. The maximum Gasteiger partial charge on any atom is 0.355 e. The van der Waals surface area contributed by atoms with Gasteiger partial charge in [0, 0.05) is 19.9 Å². The van der Waals surface area contributed by atoms with Crippen LogP contribution in [0.2, 0.25) is 0 Å². The maximum absolute atomic E-state index is 12.2. The number of nitrogens with two attached hydrogens (primary N) is 1. The minimum atomic E-state index is -3.88. The Bertz CT molecular complexity index is 592. The Morgan fingerprint density at radius 2 is 2.00 bits per heavy atom. The van der Waals surface area contributed by atoms with Crippen LogP contribution in [0.1, 0.15) is 31.3 Å². The van der Waals surface area contributed by atoms with Crippen LogP contribution in [0.4, 0.5) is 0 Å². The lowest BCUT2D eigenvalue weighted by Gasteiger charge is -2.17. The molecular formula is C13H22N2O5S. The fourth-order valence-corrected chi connectivity index (χ4v) is 2.10. The molecule has 120 valence electrons. The molecule has 0 amide bonds. The number of carbonyl (C=O) groups is 1. The summed E-state index contributed by atoms with van der Waals surface area (Å²) in [6.45, 7) is 6.30. The molecule has 0 aliphatic heterocycles. The normalized spacial score (nSPS) is 13.4. The molecular weight excluding hydrogens is 296 g/mol. The molecule has 1 aromatic rings. The Labute approximate surface area is 125 Å². The number of nitrogens with zero attached hydrogens (tertiary/aromatic N) is 1. The SMILES string of the molecule is COCCn1cc(S(N)(=O)=O)cc1C(=O)OC(C)C(C)C. The molecule has 0 saturated carbocycles. The maximum atomic E-state index is 12.2. The van der Waals surface area contributed by atoms with Crippen LogP contribution in [0.3, 0.4) is 0 Å². The van der Waals surface area contributed by atoms with Gasteiger partial charge in [0.05, 0.1) is 6.61 Å². The van der Waals surface area contributed by atoms with E-state index in [-0.39, 0.29) is 22.6 Å². The zero-order valence-corrected chi connectivity index (χ0v) is 13.5. The molecule has 2 N–H and O–H groups in total. The summed E-state index contributed by atoms with van der Waals surface area (Å²) in [5, 5.41) is 5.09. The number of hydrogen-bond acceptors (Lipinski definition) is 5. The zero-order chi connectivity index (χ0) is 16.2. The Morgan fingerprint density at radius 1 is 1.38 bits per heavy atom. The zero-order valence-electron chi connectivity index (χ0n) is 12.7. The van der Waals surface area contributed by atoms with E-state index in [2.05, 4.69) is 0 Å². The van der Waals surface area contributed by atoms with Crippen LogP contribution < -0.4 is 5.14 Å². The summed E-state index contributed by atoms with van der Waals surface area (Å²) in [6.07, 6.45) is 1.03. The van der Waals surface area contributed by atoms with Crippen molar-refractivity contribution in [3.8, 4) is 0 Å². The second-order valence-electron chi connectivity index (χ2n) is 5.15. The van der Waals surface area contributed by atoms with E-state index < -0.39 is 16.0 Å². The van der Waals surface area contributed by atoms with Gasteiger partial charge in [-0.3, -0.25) is 0 Å². The predicted molar refractivity (Wildman–Crippen MR) is 77.4 cm³/mol. The molecule has 1 atom stereocenters. The number of rotatable bonds is 7. The summed E-state index contributed by atoms with van der Waals surface area (Å²) in [6, 6.07) is 1.22. The van der Waals surface area contributed by atoms with Crippen molar-refractivity contribution in [1.82, 2.24) is 4.57 Å². The minimum absolute atomic E-state index is 0.122. The molecule has 1 unspecified atom stereocenters. The van der Waals surface area contributed by atoms with E-state index in [1.165, 1.54) is 23.9 Å². The molecule has 0 aliphatic carbocycles. The molecule has 7 nitrogen and oxygen atoms in total. The van der Waals surface area contributed by atoms with Crippen LogP contribution in [0, 0.1) is 5.92 Å². The highest BCUT2D eigenvalue weighted by atomic mass is 32.2. The number of methoxy groups -OCH3 is 1. The van der Waals surface area contributed by atoms with E-state index in [0.29, 0.717) is 13.2 Å². The molecule has 0 fully saturated rings. The highest BCUT2D eigenvalue weighted by Crippen LogP contribution is 2.16. The van der Waals surface area contributed by atoms with E-state index in [1.54, 1.807) is 6.92 Å². The third-order valence-electron chi connectivity index (χ3n) is 3.18. The Kier molecular flexibility index (Phi) is 5.94. The number of sulfonamides is 1. The molecule has 0 radical (unpaired) electrons. The molecule has 0 aliphatic rings. The summed E-state index contributed by atoms with van der Waals surface area (Å²) in [4.78, 5) is 12.0. The summed E-state index contributed by atoms with van der Waals surface area (Å²) in [5.41, 5.74) is 0.142. The number of esters is 1. The Balaban J connectivity index is 3.08. The standard InChI is InChI=1S/C13H22N2O5S/c1-9(2)10(3)20-13(16)12-7-11(21(14,17)18)8-15(12)5-6-19-4/h7-10H,5-6H2,1-4H3,(H2,14,17,18). The summed E-state index contributed by atoms with van der Waals surface area (Å²) in [7, 11) is -2.36. The number of carbonyl (C=O) groups excluding carboxylic acids is 1. The summed E-state index contributed by atoms with van der Waals surface area (Å²) >= 11 is 0. The minimum Gasteiger partial charge on any atom is -0.458 e. The van der Waals surface area contributed by atoms with Crippen molar-refractivity contribution in [2.45, 2.75) is 38.3 Å². The van der Waals surface area contributed by atoms with E-state index in [4.69, 9.17) is 14.6 Å². The van der Waals surface area contributed by atoms with Crippen LogP contribution in [0.5, 0.6) is 0 Å². The van der Waals surface area contributed by atoms with E-state index in [0.717, 1.165) is 0 Å². The van der Waals surface area contributed by atoms with Crippen molar-refractivity contribution < 1.29 is 22.7 Å². The van der Waals surface area contributed by atoms with Gasteiger partial charge in [-0.2, -0.15) is 0 Å². The van der Waals surface area contributed by atoms with Gasteiger partial charge in [0.25, 0.3) is 0 Å². The number of ether oxygens (including phenoxy) is 2. The fraction of sp³-hybridized carbons (Fsp3) is 0.615. The van der Waals surface area contributed by atoms with E-state index in [9.17, 15) is 13.2 Å². The van der Waals surface area contributed by atoms with E-state index >= 15 is 0 Å². The van der Waals surface area contributed by atoms with Gasteiger partial charge in [0.15, 0.2) is 0 Å². The highest BCUT2D eigenvalue weighted by Gasteiger charge is 2.22. The monoisotopic (exact) mass is 318 g/mol. The van der Waals surface area contributed by atoms with Crippen molar-refractivity contribution in [2.75, 3.05) is 13.7 Å². The first-order valence-corrected chi connectivity index (χ1v) is 8.14. The number of aromatic nitrogens is 1. The van der Waals surface area contributed by atoms with Crippen molar-refractivity contribution in [3.05, 3.63) is 18.0 Å². The molecule has 21 heavy (non-hydrogen) atoms. The molecule has 0 saturated heterocycles. The first kappa shape index (κ1) is 17.7. The quantitative estimate of drug-likeness (QED) is 0.755. The fourth-order valence-electron chi connectivity index (χ4n) is 1.55. The largest absolute Gasteiger partial charge is 0.458 e. The number of primary sulfonamides is 1. The topological polar surface area (TPSA) is 101 Å². The third-order valence-corrected chi connectivity index (χ3v) is 4.06. The van der Waals surface area contributed by atoms with Crippen molar-refractivity contribution in [1.29, 1.82) is 0 Å². The van der Waals surface area contributed by atoms with Gasteiger partial charge in [-0.05, 0) is 18.9 Å². The average molecular weight is 318 g/mol.